The van der Waals surface area contributed by atoms with Crippen LogP contribution in [0.4, 0.5) is 10.1 Å². The Labute approximate surface area is 186 Å². The Bertz CT molecular complexity index is 978. The number of nitrogens with one attached hydrogen (secondary N) is 2. The average molecular weight is 473 g/mol. The summed E-state index contributed by atoms with van der Waals surface area (Å²) in [5.74, 6) is 4.02. The molecule has 0 aromatic heterocycles. The number of hydrogen-bond donors (Lipinski definition) is 3. The lowest BCUT2D eigenvalue weighted by Gasteiger charge is -2.23. The molecule has 11 heteroatoms. The number of halogens is 2. The SMILES string of the molecule is NN(C1=CC=CCCC1)c1cc(Cl)c(F)c(C(=O)NNS(=O)(=O)CC2CCOCC2)c1. The van der Waals surface area contributed by atoms with Crippen LogP contribution in [0.15, 0.2) is 36.1 Å². The van der Waals surface area contributed by atoms with Gasteiger partial charge in [0.1, 0.15) is 0 Å². The number of amides is 1. The largest absolute Gasteiger partial charge is 0.381 e. The predicted octanol–water partition coefficient (Wildman–Crippen LogP) is 2.77. The normalized spacial score (nSPS) is 17.7. The Kier molecular flexibility index (Phi) is 8.06. The molecule has 1 aromatic rings. The predicted molar refractivity (Wildman–Crippen MR) is 117 cm³/mol. The number of benzene rings is 1. The van der Waals surface area contributed by atoms with E-state index in [2.05, 4.69) is 5.43 Å². The second-order valence-electron chi connectivity index (χ2n) is 7.53. The zero-order chi connectivity index (χ0) is 22.4. The number of sulfonamides is 1. The van der Waals surface area contributed by atoms with Gasteiger partial charge in [0.15, 0.2) is 5.82 Å². The number of nitrogens with zero attached hydrogens (tertiary/aromatic N) is 1. The van der Waals surface area contributed by atoms with Gasteiger partial charge >= 0.3 is 0 Å². The summed E-state index contributed by atoms with van der Waals surface area (Å²) in [6, 6.07) is 2.55. The van der Waals surface area contributed by atoms with E-state index in [1.807, 2.05) is 23.1 Å². The zero-order valence-corrected chi connectivity index (χ0v) is 18.5. The number of allylic oxidation sites excluding steroid dienone is 4. The summed E-state index contributed by atoms with van der Waals surface area (Å²) in [6.45, 7) is 1.01. The van der Waals surface area contributed by atoms with Gasteiger partial charge in [-0.1, -0.05) is 23.8 Å². The van der Waals surface area contributed by atoms with Gasteiger partial charge in [-0.25, -0.2) is 18.7 Å². The molecule has 1 heterocycles. The molecular weight excluding hydrogens is 447 g/mol. The standard InChI is InChI=1S/C20H26ClFN4O4S/c21-18-12-16(26(23)15-5-3-1-2-4-6-15)11-17(19(18)22)20(27)24-25-31(28,29)13-14-7-9-30-10-8-14/h1,3,5,11-12,14,25H,2,4,6-10,13,23H2,(H,24,27). The molecule has 0 saturated carbocycles. The fourth-order valence-corrected chi connectivity index (χ4v) is 4.96. The fraction of sp³-hybridized carbons (Fsp3) is 0.450. The maximum atomic E-state index is 14.5. The molecule has 1 fully saturated rings. The molecule has 0 unspecified atom stereocenters. The van der Waals surface area contributed by atoms with Gasteiger partial charge in [0.2, 0.25) is 10.0 Å². The van der Waals surface area contributed by atoms with Crippen molar-refractivity contribution in [2.75, 3.05) is 24.0 Å². The third kappa shape index (κ3) is 6.50. The molecule has 1 amide bonds. The van der Waals surface area contributed by atoms with Crippen LogP contribution in [-0.4, -0.2) is 33.3 Å². The number of carbonyl (C=O) groups is 1. The number of hydrazine groups is 2. The lowest BCUT2D eigenvalue weighted by Crippen LogP contribution is -2.44. The van der Waals surface area contributed by atoms with Crippen LogP contribution in [0.2, 0.25) is 5.02 Å². The van der Waals surface area contributed by atoms with Crippen molar-refractivity contribution in [3.63, 3.8) is 0 Å². The minimum atomic E-state index is -3.80. The van der Waals surface area contributed by atoms with E-state index in [0.29, 0.717) is 38.2 Å². The maximum absolute atomic E-state index is 14.5. The van der Waals surface area contributed by atoms with Crippen molar-refractivity contribution in [2.24, 2.45) is 11.8 Å². The van der Waals surface area contributed by atoms with Crippen LogP contribution in [0.1, 0.15) is 42.5 Å². The Hall–Kier alpha value is -1.98. The second kappa shape index (κ2) is 10.6. The van der Waals surface area contributed by atoms with Crippen LogP contribution in [-0.2, 0) is 14.8 Å². The molecule has 4 N–H and O–H groups in total. The molecule has 1 aliphatic carbocycles. The number of carbonyl (C=O) groups excluding carboxylic acids is 1. The summed E-state index contributed by atoms with van der Waals surface area (Å²) in [5.41, 5.74) is 2.73. The topological polar surface area (TPSA) is 114 Å². The van der Waals surface area contributed by atoms with Gasteiger partial charge in [-0.05, 0) is 56.2 Å². The molecule has 170 valence electrons. The van der Waals surface area contributed by atoms with Gasteiger partial charge in [0.05, 0.1) is 22.0 Å². The van der Waals surface area contributed by atoms with Crippen LogP contribution < -0.4 is 21.1 Å². The van der Waals surface area contributed by atoms with Crippen molar-refractivity contribution in [1.29, 1.82) is 0 Å². The van der Waals surface area contributed by atoms with E-state index in [1.165, 1.54) is 17.1 Å². The smallest absolute Gasteiger partial charge is 0.269 e. The Morgan fingerprint density at radius 3 is 2.81 bits per heavy atom. The highest BCUT2D eigenvalue weighted by molar-refractivity contribution is 7.89. The molecule has 1 saturated heterocycles. The first kappa shape index (κ1) is 23.7. The minimum Gasteiger partial charge on any atom is -0.381 e. The summed E-state index contributed by atoms with van der Waals surface area (Å²) in [4.78, 5) is 14.5. The van der Waals surface area contributed by atoms with Gasteiger partial charge in [0, 0.05) is 18.9 Å². The van der Waals surface area contributed by atoms with E-state index < -0.39 is 27.3 Å². The summed E-state index contributed by atoms with van der Waals surface area (Å²) < 4.78 is 44.3. The molecule has 8 nitrogen and oxygen atoms in total. The van der Waals surface area contributed by atoms with Crippen LogP contribution in [0.5, 0.6) is 0 Å². The maximum Gasteiger partial charge on any atom is 0.269 e. The number of rotatable bonds is 7. The Morgan fingerprint density at radius 1 is 1.32 bits per heavy atom. The van der Waals surface area contributed by atoms with Gasteiger partial charge in [-0.15, -0.1) is 4.83 Å². The highest BCUT2D eigenvalue weighted by atomic mass is 35.5. The molecule has 0 bridgehead atoms. The molecule has 2 aliphatic rings. The summed E-state index contributed by atoms with van der Waals surface area (Å²) in [5, 5.41) is 1.04. The van der Waals surface area contributed by atoms with Crippen LogP contribution >= 0.6 is 11.6 Å². The van der Waals surface area contributed by atoms with Gasteiger partial charge in [-0.2, -0.15) is 0 Å². The Balaban J connectivity index is 1.71. The van der Waals surface area contributed by atoms with Crippen LogP contribution in [0.3, 0.4) is 0 Å². The quantitative estimate of drug-likeness (QED) is 0.415. The van der Waals surface area contributed by atoms with E-state index in [4.69, 9.17) is 22.2 Å². The number of nitrogens with two attached hydrogens (primary N) is 1. The number of ether oxygens (including phenoxy) is 1. The molecule has 0 atom stereocenters. The lowest BCUT2D eigenvalue weighted by molar-refractivity contribution is 0.0722. The van der Waals surface area contributed by atoms with E-state index in [-0.39, 0.29) is 16.7 Å². The molecule has 0 radical (unpaired) electrons. The molecule has 31 heavy (non-hydrogen) atoms. The van der Waals surface area contributed by atoms with Crippen molar-refractivity contribution in [3.05, 3.63) is 52.5 Å². The average Bonchev–Trinajstić information content (AvgIpc) is 3.03. The van der Waals surface area contributed by atoms with E-state index in [9.17, 15) is 17.6 Å². The van der Waals surface area contributed by atoms with Gasteiger partial charge in [0.25, 0.3) is 5.91 Å². The van der Waals surface area contributed by atoms with Crippen molar-refractivity contribution in [2.45, 2.75) is 32.1 Å². The summed E-state index contributed by atoms with van der Waals surface area (Å²) in [7, 11) is -3.80. The third-order valence-corrected chi connectivity index (χ3v) is 6.79. The third-order valence-electron chi connectivity index (χ3n) is 5.19. The van der Waals surface area contributed by atoms with E-state index in [0.717, 1.165) is 18.5 Å². The number of hydrogen-bond acceptors (Lipinski definition) is 6. The highest BCUT2D eigenvalue weighted by Gasteiger charge is 2.24. The fourth-order valence-electron chi connectivity index (χ4n) is 3.46. The molecule has 0 spiro atoms. The molecular formula is C20H26ClFN4O4S. The minimum absolute atomic E-state index is 0.0645. The summed E-state index contributed by atoms with van der Waals surface area (Å²) in [6.07, 6.45) is 9.50. The first-order valence-corrected chi connectivity index (χ1v) is 12.1. The molecule has 3 rings (SSSR count). The monoisotopic (exact) mass is 472 g/mol. The second-order valence-corrected chi connectivity index (χ2v) is 9.71. The van der Waals surface area contributed by atoms with Gasteiger partial charge < -0.3 is 4.74 Å². The van der Waals surface area contributed by atoms with Crippen molar-refractivity contribution in [3.8, 4) is 0 Å². The summed E-state index contributed by atoms with van der Waals surface area (Å²) >= 11 is 5.98. The van der Waals surface area contributed by atoms with Crippen molar-refractivity contribution >= 4 is 33.2 Å². The van der Waals surface area contributed by atoms with E-state index in [1.54, 1.807) is 0 Å². The zero-order valence-electron chi connectivity index (χ0n) is 16.9. The first-order valence-electron chi connectivity index (χ1n) is 10.0. The number of anilines is 1. The molecule has 1 aliphatic heterocycles. The lowest BCUT2D eigenvalue weighted by atomic mass is 10.0. The van der Waals surface area contributed by atoms with E-state index >= 15 is 0 Å². The Morgan fingerprint density at radius 2 is 2.06 bits per heavy atom. The van der Waals surface area contributed by atoms with Gasteiger partial charge in [-0.3, -0.25) is 15.2 Å². The van der Waals surface area contributed by atoms with Crippen LogP contribution in [0.25, 0.3) is 0 Å². The van der Waals surface area contributed by atoms with Crippen molar-refractivity contribution in [1.82, 2.24) is 10.3 Å². The van der Waals surface area contributed by atoms with Crippen molar-refractivity contribution < 1.29 is 22.3 Å². The first-order chi connectivity index (χ1) is 14.8. The highest BCUT2D eigenvalue weighted by Crippen LogP contribution is 2.28. The molecule has 1 aromatic carbocycles. The van der Waals surface area contributed by atoms with Crippen LogP contribution in [0, 0.1) is 11.7 Å².